The quantitative estimate of drug-likeness (QED) is 0.489. The Morgan fingerprint density at radius 3 is 2.40 bits per heavy atom. The molecule has 3 rings (SSSR count). The van der Waals surface area contributed by atoms with Gasteiger partial charge in [0.2, 0.25) is 0 Å². The highest BCUT2D eigenvalue weighted by atomic mass is 32.2. The predicted molar refractivity (Wildman–Crippen MR) is 98.7 cm³/mol. The summed E-state index contributed by atoms with van der Waals surface area (Å²) in [7, 11) is 1.61. The van der Waals surface area contributed by atoms with Crippen LogP contribution in [0.25, 0.3) is 0 Å². The molecule has 1 N–H and O–H groups in total. The van der Waals surface area contributed by atoms with E-state index in [0.717, 1.165) is 10.6 Å². The van der Waals surface area contributed by atoms with Gasteiger partial charge in [-0.05, 0) is 54.4 Å². The highest BCUT2D eigenvalue weighted by molar-refractivity contribution is 8.00. The van der Waals surface area contributed by atoms with Gasteiger partial charge in [-0.1, -0.05) is 30.3 Å². The molecular formula is C20H16FNO2S. The SMILES string of the molecule is COc1ccc(SNc2ccc(F)cc2C(=O)c2ccccc2)cc1. The Hall–Kier alpha value is -2.79. The number of benzene rings is 3. The molecule has 0 aliphatic rings. The van der Waals surface area contributed by atoms with Crippen molar-refractivity contribution < 1.29 is 13.9 Å². The number of ether oxygens (including phenoxy) is 1. The van der Waals surface area contributed by atoms with Crippen molar-refractivity contribution in [1.82, 2.24) is 0 Å². The maximum atomic E-state index is 13.7. The molecule has 0 radical (unpaired) electrons. The second-order valence-corrected chi connectivity index (χ2v) is 6.14. The minimum atomic E-state index is -0.445. The number of methoxy groups -OCH3 is 1. The van der Waals surface area contributed by atoms with Crippen LogP contribution in [-0.2, 0) is 0 Å². The van der Waals surface area contributed by atoms with Crippen LogP contribution < -0.4 is 9.46 Å². The summed E-state index contributed by atoms with van der Waals surface area (Å²) in [5, 5.41) is 0. The van der Waals surface area contributed by atoms with E-state index in [1.165, 1.54) is 24.1 Å². The molecule has 3 aromatic rings. The molecule has 0 saturated carbocycles. The molecule has 0 spiro atoms. The largest absolute Gasteiger partial charge is 0.497 e. The van der Waals surface area contributed by atoms with E-state index >= 15 is 0 Å². The average molecular weight is 353 g/mol. The second kappa shape index (κ2) is 7.85. The second-order valence-electron chi connectivity index (χ2n) is 5.26. The van der Waals surface area contributed by atoms with E-state index in [2.05, 4.69) is 4.72 Å². The molecule has 0 aromatic heterocycles. The molecule has 0 aliphatic carbocycles. The van der Waals surface area contributed by atoms with Gasteiger partial charge in [0, 0.05) is 16.0 Å². The number of hydrogen-bond donors (Lipinski definition) is 1. The number of rotatable bonds is 6. The van der Waals surface area contributed by atoms with Crippen molar-refractivity contribution in [3.63, 3.8) is 0 Å². The van der Waals surface area contributed by atoms with Crippen LogP contribution in [0.1, 0.15) is 15.9 Å². The predicted octanol–water partition coefficient (Wildman–Crippen LogP) is 5.18. The van der Waals surface area contributed by atoms with Gasteiger partial charge in [0.15, 0.2) is 5.78 Å². The summed E-state index contributed by atoms with van der Waals surface area (Å²) in [5.41, 5.74) is 1.38. The molecule has 0 saturated heterocycles. The highest BCUT2D eigenvalue weighted by Crippen LogP contribution is 2.27. The van der Waals surface area contributed by atoms with Gasteiger partial charge >= 0.3 is 0 Å². The van der Waals surface area contributed by atoms with Crippen molar-refractivity contribution in [2.75, 3.05) is 11.8 Å². The van der Waals surface area contributed by atoms with Gasteiger partial charge in [0.1, 0.15) is 11.6 Å². The van der Waals surface area contributed by atoms with Crippen LogP contribution in [0.15, 0.2) is 77.7 Å². The summed E-state index contributed by atoms with van der Waals surface area (Å²) in [6.45, 7) is 0. The van der Waals surface area contributed by atoms with Crippen LogP contribution in [-0.4, -0.2) is 12.9 Å². The van der Waals surface area contributed by atoms with Gasteiger partial charge in [0.05, 0.1) is 12.8 Å². The van der Waals surface area contributed by atoms with E-state index in [4.69, 9.17) is 4.74 Å². The zero-order chi connectivity index (χ0) is 17.6. The Labute approximate surface area is 150 Å². The number of halogens is 1. The number of hydrogen-bond acceptors (Lipinski definition) is 4. The van der Waals surface area contributed by atoms with Gasteiger partial charge in [-0.25, -0.2) is 4.39 Å². The Bertz CT molecular complexity index is 867. The minimum Gasteiger partial charge on any atom is -0.497 e. The van der Waals surface area contributed by atoms with Crippen molar-refractivity contribution in [3.05, 3.63) is 89.7 Å². The smallest absolute Gasteiger partial charge is 0.195 e. The highest BCUT2D eigenvalue weighted by Gasteiger charge is 2.15. The molecule has 0 fully saturated rings. The fourth-order valence-corrected chi connectivity index (χ4v) is 2.97. The zero-order valence-corrected chi connectivity index (χ0v) is 14.3. The van der Waals surface area contributed by atoms with E-state index < -0.39 is 5.82 Å². The first kappa shape index (κ1) is 17.0. The molecule has 0 aliphatic heterocycles. The zero-order valence-electron chi connectivity index (χ0n) is 13.5. The Morgan fingerprint density at radius 1 is 1.00 bits per heavy atom. The molecule has 0 unspecified atom stereocenters. The van der Waals surface area contributed by atoms with E-state index in [0.29, 0.717) is 16.8 Å². The Kier molecular flexibility index (Phi) is 5.36. The van der Waals surface area contributed by atoms with Crippen LogP contribution in [0.4, 0.5) is 10.1 Å². The maximum Gasteiger partial charge on any atom is 0.195 e. The average Bonchev–Trinajstić information content (AvgIpc) is 2.67. The van der Waals surface area contributed by atoms with Gasteiger partial charge in [-0.15, -0.1) is 0 Å². The normalized spacial score (nSPS) is 10.3. The summed E-state index contributed by atoms with van der Waals surface area (Å²) in [5.74, 6) is 0.100. The minimum absolute atomic E-state index is 0.224. The van der Waals surface area contributed by atoms with E-state index in [-0.39, 0.29) is 5.78 Å². The molecule has 3 aromatic carbocycles. The third kappa shape index (κ3) is 4.19. The number of ketones is 1. The van der Waals surface area contributed by atoms with E-state index in [9.17, 15) is 9.18 Å². The molecule has 0 amide bonds. The topological polar surface area (TPSA) is 38.3 Å². The molecule has 126 valence electrons. The van der Waals surface area contributed by atoms with Crippen molar-refractivity contribution in [3.8, 4) is 5.75 Å². The van der Waals surface area contributed by atoms with Crippen LogP contribution in [0.2, 0.25) is 0 Å². The lowest BCUT2D eigenvalue weighted by atomic mass is 10.0. The lowest BCUT2D eigenvalue weighted by Crippen LogP contribution is -2.05. The molecule has 5 heteroatoms. The standard InChI is InChI=1S/C20H16FNO2S/c1-24-16-8-10-17(11-9-16)25-22-19-12-7-15(21)13-18(19)20(23)14-5-3-2-4-6-14/h2-13,22H,1H3. The van der Waals surface area contributed by atoms with Crippen molar-refractivity contribution in [2.24, 2.45) is 0 Å². The van der Waals surface area contributed by atoms with Gasteiger partial charge in [0.25, 0.3) is 0 Å². The number of nitrogens with one attached hydrogen (secondary N) is 1. The van der Waals surface area contributed by atoms with Crippen LogP contribution in [0.5, 0.6) is 5.75 Å². The number of carbonyl (C=O) groups is 1. The van der Waals surface area contributed by atoms with E-state index in [1.54, 1.807) is 37.4 Å². The van der Waals surface area contributed by atoms with Gasteiger partial charge < -0.3 is 9.46 Å². The first-order valence-electron chi connectivity index (χ1n) is 7.63. The fourth-order valence-electron chi connectivity index (χ4n) is 2.30. The molecule has 0 heterocycles. The summed E-state index contributed by atoms with van der Waals surface area (Å²) < 4.78 is 21.9. The number of carbonyl (C=O) groups excluding carboxylic acids is 1. The molecule has 25 heavy (non-hydrogen) atoms. The van der Waals surface area contributed by atoms with Gasteiger partial charge in [-0.2, -0.15) is 0 Å². The third-order valence-electron chi connectivity index (χ3n) is 3.60. The molecule has 0 bridgehead atoms. The van der Waals surface area contributed by atoms with Gasteiger partial charge in [-0.3, -0.25) is 4.79 Å². The lowest BCUT2D eigenvalue weighted by Gasteiger charge is -2.11. The first-order valence-corrected chi connectivity index (χ1v) is 8.45. The first-order chi connectivity index (χ1) is 12.2. The molecular weight excluding hydrogens is 337 g/mol. The Morgan fingerprint density at radius 2 is 1.72 bits per heavy atom. The fraction of sp³-hybridized carbons (Fsp3) is 0.0500. The third-order valence-corrected chi connectivity index (χ3v) is 4.43. The Balaban J connectivity index is 1.82. The summed E-state index contributed by atoms with van der Waals surface area (Å²) >= 11 is 1.35. The van der Waals surface area contributed by atoms with E-state index in [1.807, 2.05) is 30.3 Å². The lowest BCUT2D eigenvalue weighted by molar-refractivity contribution is 0.103. The van der Waals surface area contributed by atoms with Crippen LogP contribution in [0.3, 0.4) is 0 Å². The number of anilines is 1. The molecule has 3 nitrogen and oxygen atoms in total. The summed E-state index contributed by atoms with van der Waals surface area (Å²) in [6, 6.07) is 20.5. The van der Waals surface area contributed by atoms with Crippen LogP contribution in [0, 0.1) is 5.82 Å². The summed E-state index contributed by atoms with van der Waals surface area (Å²) in [4.78, 5) is 13.6. The summed E-state index contributed by atoms with van der Waals surface area (Å²) in [6.07, 6.45) is 0. The maximum absolute atomic E-state index is 13.7. The van der Waals surface area contributed by atoms with Crippen molar-refractivity contribution in [2.45, 2.75) is 4.90 Å². The van der Waals surface area contributed by atoms with Crippen molar-refractivity contribution in [1.29, 1.82) is 0 Å². The molecule has 0 atom stereocenters. The monoisotopic (exact) mass is 353 g/mol. The van der Waals surface area contributed by atoms with Crippen molar-refractivity contribution >= 4 is 23.4 Å². The van der Waals surface area contributed by atoms with Crippen LogP contribution >= 0.6 is 11.9 Å².